The molecule has 2 aromatic heterocycles. The molecule has 20 heavy (non-hydrogen) atoms. The summed E-state index contributed by atoms with van der Waals surface area (Å²) in [5, 5.41) is 11.5. The van der Waals surface area contributed by atoms with Crippen LogP contribution in [0.3, 0.4) is 0 Å². The standard InChI is InChI=1S/C11H9N5O3S/c12-5-7-6-13-10(20-7)14-8(17)1-3-16-4-2-9(18)15-11(16)19/h2,4,6H,1,3H2,(H,13,14,17)(H,15,18,19). The maximum absolute atomic E-state index is 11.6. The lowest BCUT2D eigenvalue weighted by Gasteiger charge is -2.04. The van der Waals surface area contributed by atoms with E-state index < -0.39 is 11.2 Å². The fraction of sp³-hybridized carbons (Fsp3) is 0.182. The Morgan fingerprint density at radius 1 is 1.55 bits per heavy atom. The SMILES string of the molecule is N#Cc1cnc(NC(=O)CCn2ccc(=O)[nH]c2=O)s1. The Morgan fingerprint density at radius 2 is 2.35 bits per heavy atom. The van der Waals surface area contributed by atoms with E-state index in [4.69, 9.17) is 5.26 Å². The summed E-state index contributed by atoms with van der Waals surface area (Å²) in [5.74, 6) is -0.332. The lowest BCUT2D eigenvalue weighted by atomic mass is 10.4. The zero-order valence-corrected chi connectivity index (χ0v) is 10.9. The first kappa shape index (κ1) is 13.7. The zero-order chi connectivity index (χ0) is 14.5. The first-order chi connectivity index (χ1) is 9.58. The third-order valence-electron chi connectivity index (χ3n) is 2.34. The molecule has 0 fully saturated rings. The minimum Gasteiger partial charge on any atom is -0.302 e. The molecule has 0 spiro atoms. The number of rotatable bonds is 4. The molecule has 0 unspecified atom stereocenters. The van der Waals surface area contributed by atoms with E-state index in [1.54, 1.807) is 0 Å². The summed E-state index contributed by atoms with van der Waals surface area (Å²) in [4.78, 5) is 40.3. The summed E-state index contributed by atoms with van der Waals surface area (Å²) >= 11 is 1.07. The molecule has 0 radical (unpaired) electrons. The first-order valence-corrected chi connectivity index (χ1v) is 6.35. The van der Waals surface area contributed by atoms with E-state index >= 15 is 0 Å². The minimum atomic E-state index is -0.564. The second-order valence-electron chi connectivity index (χ2n) is 3.74. The number of hydrogen-bond acceptors (Lipinski definition) is 6. The van der Waals surface area contributed by atoms with Crippen LogP contribution in [0.1, 0.15) is 11.3 Å². The van der Waals surface area contributed by atoms with Gasteiger partial charge < -0.3 is 9.88 Å². The Bertz CT molecular complexity index is 782. The van der Waals surface area contributed by atoms with Gasteiger partial charge in [-0.1, -0.05) is 11.3 Å². The van der Waals surface area contributed by atoms with Crippen LogP contribution >= 0.6 is 11.3 Å². The molecule has 8 nitrogen and oxygen atoms in total. The number of nitriles is 1. The van der Waals surface area contributed by atoms with Crippen molar-refractivity contribution in [1.82, 2.24) is 14.5 Å². The summed E-state index contributed by atoms with van der Waals surface area (Å²) in [6.07, 6.45) is 2.74. The topological polar surface area (TPSA) is 121 Å². The van der Waals surface area contributed by atoms with Gasteiger partial charge in [0.05, 0.1) is 6.20 Å². The van der Waals surface area contributed by atoms with Crippen LogP contribution < -0.4 is 16.6 Å². The van der Waals surface area contributed by atoms with Gasteiger partial charge in [-0.15, -0.1) is 0 Å². The van der Waals surface area contributed by atoms with E-state index in [2.05, 4.69) is 15.3 Å². The predicted octanol–water partition coefficient (Wildman–Crippen LogP) is -0.106. The highest BCUT2D eigenvalue weighted by atomic mass is 32.1. The quantitative estimate of drug-likeness (QED) is 0.814. The Balaban J connectivity index is 1.94. The van der Waals surface area contributed by atoms with Gasteiger partial charge in [-0.3, -0.25) is 14.6 Å². The number of aryl methyl sites for hydroxylation is 1. The van der Waals surface area contributed by atoms with Crippen LogP contribution in [0.4, 0.5) is 5.13 Å². The normalized spacial score (nSPS) is 9.95. The van der Waals surface area contributed by atoms with Crippen molar-refractivity contribution in [2.75, 3.05) is 5.32 Å². The van der Waals surface area contributed by atoms with Crippen molar-refractivity contribution >= 4 is 22.4 Å². The molecule has 0 bridgehead atoms. The van der Waals surface area contributed by atoms with E-state index in [0.29, 0.717) is 10.0 Å². The van der Waals surface area contributed by atoms with Crippen LogP contribution in [0.25, 0.3) is 0 Å². The van der Waals surface area contributed by atoms with Crippen LogP contribution in [-0.4, -0.2) is 20.4 Å². The van der Waals surface area contributed by atoms with E-state index in [-0.39, 0.29) is 18.9 Å². The highest BCUT2D eigenvalue weighted by Gasteiger charge is 2.07. The van der Waals surface area contributed by atoms with Crippen LogP contribution in [0.2, 0.25) is 0 Å². The third-order valence-corrected chi connectivity index (χ3v) is 3.16. The maximum Gasteiger partial charge on any atom is 0.328 e. The number of amides is 1. The molecule has 0 saturated carbocycles. The Kier molecular flexibility index (Phi) is 4.07. The summed E-state index contributed by atoms with van der Waals surface area (Å²) in [7, 11) is 0. The summed E-state index contributed by atoms with van der Waals surface area (Å²) in [6, 6.07) is 3.12. The molecule has 102 valence electrons. The highest BCUT2D eigenvalue weighted by Crippen LogP contribution is 2.16. The number of carbonyl (C=O) groups is 1. The second kappa shape index (κ2) is 5.94. The molecule has 0 aliphatic heterocycles. The third kappa shape index (κ3) is 3.39. The van der Waals surface area contributed by atoms with Crippen molar-refractivity contribution in [3.05, 3.63) is 44.2 Å². The molecule has 1 amide bonds. The van der Waals surface area contributed by atoms with E-state index in [9.17, 15) is 14.4 Å². The monoisotopic (exact) mass is 291 g/mol. The van der Waals surface area contributed by atoms with Gasteiger partial charge >= 0.3 is 5.69 Å². The lowest BCUT2D eigenvalue weighted by Crippen LogP contribution is -2.29. The van der Waals surface area contributed by atoms with Gasteiger partial charge in [-0.2, -0.15) is 5.26 Å². The number of aromatic amines is 1. The van der Waals surface area contributed by atoms with Crippen molar-refractivity contribution in [3.8, 4) is 6.07 Å². The number of H-pyrrole nitrogens is 1. The van der Waals surface area contributed by atoms with Gasteiger partial charge in [0.25, 0.3) is 5.56 Å². The molecule has 2 N–H and O–H groups in total. The number of hydrogen-bond donors (Lipinski definition) is 2. The molecular formula is C11H9N5O3S. The van der Waals surface area contributed by atoms with Crippen molar-refractivity contribution in [2.24, 2.45) is 0 Å². The molecule has 0 aliphatic rings. The molecule has 2 aromatic rings. The zero-order valence-electron chi connectivity index (χ0n) is 10.1. The van der Waals surface area contributed by atoms with Gasteiger partial charge in [0.1, 0.15) is 10.9 Å². The number of carbonyl (C=O) groups excluding carboxylic acids is 1. The summed E-state index contributed by atoms with van der Waals surface area (Å²) < 4.78 is 1.23. The number of nitrogens with one attached hydrogen (secondary N) is 2. The predicted molar refractivity (Wildman–Crippen MR) is 71.4 cm³/mol. The van der Waals surface area contributed by atoms with Gasteiger partial charge in [0, 0.05) is 25.2 Å². The molecule has 2 rings (SSSR count). The minimum absolute atomic E-state index is 0.0490. The van der Waals surface area contributed by atoms with Crippen molar-refractivity contribution in [3.63, 3.8) is 0 Å². The summed E-state index contributed by atoms with van der Waals surface area (Å²) in [6.45, 7) is 0.137. The summed E-state index contributed by atoms with van der Waals surface area (Å²) in [5.41, 5.74) is -1.05. The number of anilines is 1. The fourth-order valence-corrected chi connectivity index (χ4v) is 2.04. The second-order valence-corrected chi connectivity index (χ2v) is 4.77. The molecule has 0 saturated heterocycles. The molecule has 0 aliphatic carbocycles. The molecular weight excluding hydrogens is 282 g/mol. The van der Waals surface area contributed by atoms with Crippen molar-refractivity contribution in [1.29, 1.82) is 5.26 Å². The largest absolute Gasteiger partial charge is 0.328 e. The smallest absolute Gasteiger partial charge is 0.302 e. The van der Waals surface area contributed by atoms with E-state index in [0.717, 1.165) is 11.3 Å². The van der Waals surface area contributed by atoms with Crippen molar-refractivity contribution in [2.45, 2.75) is 13.0 Å². The van der Waals surface area contributed by atoms with Gasteiger partial charge in [-0.25, -0.2) is 9.78 Å². The van der Waals surface area contributed by atoms with Crippen molar-refractivity contribution < 1.29 is 4.79 Å². The van der Waals surface area contributed by atoms with Crippen LogP contribution in [0, 0.1) is 11.3 Å². The van der Waals surface area contributed by atoms with Crippen LogP contribution in [-0.2, 0) is 11.3 Å². The number of nitrogens with zero attached hydrogens (tertiary/aromatic N) is 3. The van der Waals surface area contributed by atoms with Crippen LogP contribution in [0.5, 0.6) is 0 Å². The van der Waals surface area contributed by atoms with E-state index in [1.807, 2.05) is 6.07 Å². The van der Waals surface area contributed by atoms with Gasteiger partial charge in [0.2, 0.25) is 5.91 Å². The molecule has 0 aromatic carbocycles. The lowest BCUT2D eigenvalue weighted by molar-refractivity contribution is -0.116. The Hall–Kier alpha value is -2.73. The Labute approximate surface area is 116 Å². The first-order valence-electron chi connectivity index (χ1n) is 5.54. The van der Waals surface area contributed by atoms with Crippen LogP contribution in [0.15, 0.2) is 28.0 Å². The molecule has 9 heteroatoms. The van der Waals surface area contributed by atoms with E-state index in [1.165, 1.54) is 23.0 Å². The van der Waals surface area contributed by atoms with Gasteiger partial charge in [-0.05, 0) is 0 Å². The molecule has 2 heterocycles. The fourth-order valence-electron chi connectivity index (χ4n) is 1.41. The van der Waals surface area contributed by atoms with Gasteiger partial charge in [0.15, 0.2) is 5.13 Å². The average Bonchev–Trinajstić information content (AvgIpc) is 2.85. The number of aromatic nitrogens is 3. The maximum atomic E-state index is 11.6. The Morgan fingerprint density at radius 3 is 3.00 bits per heavy atom. The highest BCUT2D eigenvalue weighted by molar-refractivity contribution is 7.16. The average molecular weight is 291 g/mol. The number of thiazole rings is 1. The molecule has 0 atom stereocenters.